The maximum atomic E-state index is 12.4. The van der Waals surface area contributed by atoms with Crippen molar-refractivity contribution in [1.82, 2.24) is 5.32 Å². The van der Waals surface area contributed by atoms with Crippen LogP contribution in [-0.2, 0) is 0 Å². The average Bonchev–Trinajstić information content (AvgIpc) is 2.59. The van der Waals surface area contributed by atoms with Gasteiger partial charge >= 0.3 is 6.03 Å². The van der Waals surface area contributed by atoms with E-state index in [1.54, 1.807) is 12.1 Å². The van der Waals surface area contributed by atoms with Crippen LogP contribution in [0.4, 0.5) is 21.9 Å². The zero-order valence-electron chi connectivity index (χ0n) is 15.7. The molecule has 0 aliphatic carbocycles. The highest BCUT2D eigenvalue weighted by molar-refractivity contribution is 6.03. The van der Waals surface area contributed by atoms with E-state index in [1.165, 1.54) is 0 Å². The number of hydrogen-bond acceptors (Lipinski definition) is 3. The molecule has 2 rings (SSSR count). The summed E-state index contributed by atoms with van der Waals surface area (Å²) in [4.78, 5) is 26.5. The molecule has 0 radical (unpaired) electrons. The van der Waals surface area contributed by atoms with Crippen LogP contribution >= 0.6 is 0 Å². The Balaban J connectivity index is 2.16. The number of hydrogen-bond donors (Lipinski definition) is 3. The third-order valence-electron chi connectivity index (χ3n) is 3.79. The van der Waals surface area contributed by atoms with Crippen LogP contribution in [0.2, 0.25) is 0 Å². The van der Waals surface area contributed by atoms with Crippen LogP contribution in [0, 0.1) is 6.92 Å². The zero-order valence-corrected chi connectivity index (χ0v) is 15.7. The predicted octanol–water partition coefficient (Wildman–Crippen LogP) is 3.84. The number of aryl methyl sites for hydroxylation is 1. The maximum Gasteiger partial charge on any atom is 0.323 e. The molecule has 0 spiro atoms. The van der Waals surface area contributed by atoms with Gasteiger partial charge in [0.1, 0.15) is 0 Å². The molecule has 0 unspecified atom stereocenters. The molecule has 0 heterocycles. The topological polar surface area (TPSA) is 73.5 Å². The van der Waals surface area contributed by atoms with Crippen molar-refractivity contribution in [3.63, 3.8) is 0 Å². The van der Waals surface area contributed by atoms with Crippen LogP contribution in [0.1, 0.15) is 29.3 Å². The van der Waals surface area contributed by atoms with Gasteiger partial charge in [0, 0.05) is 37.7 Å². The number of anilines is 3. The molecule has 3 amide bonds. The predicted molar refractivity (Wildman–Crippen MR) is 107 cm³/mol. The Morgan fingerprint density at radius 2 is 1.69 bits per heavy atom. The third kappa shape index (κ3) is 5.24. The van der Waals surface area contributed by atoms with Gasteiger partial charge in [0.25, 0.3) is 5.91 Å². The lowest BCUT2D eigenvalue weighted by atomic mass is 10.1. The molecule has 0 fully saturated rings. The summed E-state index contributed by atoms with van der Waals surface area (Å²) in [6.07, 6.45) is 0.861. The van der Waals surface area contributed by atoms with Crippen molar-refractivity contribution in [3.8, 4) is 0 Å². The fourth-order valence-corrected chi connectivity index (χ4v) is 2.54. The normalized spacial score (nSPS) is 10.2. The van der Waals surface area contributed by atoms with Crippen molar-refractivity contribution in [3.05, 3.63) is 53.6 Å². The Labute approximate surface area is 154 Å². The largest absolute Gasteiger partial charge is 0.377 e. The zero-order chi connectivity index (χ0) is 19.1. The van der Waals surface area contributed by atoms with Gasteiger partial charge < -0.3 is 20.9 Å². The Kier molecular flexibility index (Phi) is 6.60. The van der Waals surface area contributed by atoms with Gasteiger partial charge in [-0.1, -0.05) is 19.1 Å². The van der Waals surface area contributed by atoms with E-state index < -0.39 is 0 Å². The lowest BCUT2D eigenvalue weighted by Crippen LogP contribution is -2.27. The molecule has 2 aromatic rings. The summed E-state index contributed by atoms with van der Waals surface area (Å²) in [6, 6.07) is 12.5. The third-order valence-corrected chi connectivity index (χ3v) is 3.79. The summed E-state index contributed by atoms with van der Waals surface area (Å²) in [5, 5.41) is 8.45. The minimum atomic E-state index is -0.354. The number of nitrogens with zero attached hydrogens (tertiary/aromatic N) is 1. The molecule has 0 aliphatic rings. The number of carbonyl (C=O) groups is 2. The van der Waals surface area contributed by atoms with E-state index in [-0.39, 0.29) is 11.9 Å². The summed E-state index contributed by atoms with van der Waals surface area (Å²) in [6.45, 7) is 4.57. The molecule has 138 valence electrons. The van der Waals surface area contributed by atoms with Gasteiger partial charge in [-0.15, -0.1) is 0 Å². The van der Waals surface area contributed by atoms with Gasteiger partial charge in [0.15, 0.2) is 0 Å². The SMILES string of the molecule is CCCNC(=O)c1cc(NC(=O)Nc2cccc(C)c2)ccc1N(C)C. The first kappa shape index (κ1) is 19.3. The van der Waals surface area contributed by atoms with Crippen molar-refractivity contribution >= 4 is 29.0 Å². The van der Waals surface area contributed by atoms with E-state index in [0.717, 1.165) is 17.7 Å². The molecule has 0 saturated carbocycles. The van der Waals surface area contributed by atoms with Crippen molar-refractivity contribution < 1.29 is 9.59 Å². The van der Waals surface area contributed by atoms with Crippen LogP contribution in [0.5, 0.6) is 0 Å². The second-order valence-electron chi connectivity index (χ2n) is 6.33. The van der Waals surface area contributed by atoms with Gasteiger partial charge in [-0.05, 0) is 49.2 Å². The molecule has 6 heteroatoms. The number of nitrogens with one attached hydrogen (secondary N) is 3. The Morgan fingerprint density at radius 3 is 2.31 bits per heavy atom. The molecule has 3 N–H and O–H groups in total. The molecule has 2 aromatic carbocycles. The molecule has 0 bridgehead atoms. The molecule has 0 aliphatic heterocycles. The molecule has 0 atom stereocenters. The van der Waals surface area contributed by atoms with Gasteiger partial charge in [0.05, 0.1) is 5.56 Å². The van der Waals surface area contributed by atoms with E-state index in [4.69, 9.17) is 0 Å². The smallest absolute Gasteiger partial charge is 0.323 e. The maximum absolute atomic E-state index is 12.4. The number of rotatable bonds is 6. The second-order valence-corrected chi connectivity index (χ2v) is 6.33. The lowest BCUT2D eigenvalue weighted by Gasteiger charge is -2.18. The summed E-state index contributed by atoms with van der Waals surface area (Å²) >= 11 is 0. The Hall–Kier alpha value is -3.02. The summed E-state index contributed by atoms with van der Waals surface area (Å²) in [5.41, 5.74) is 3.66. The second kappa shape index (κ2) is 8.89. The number of urea groups is 1. The summed E-state index contributed by atoms with van der Waals surface area (Å²) < 4.78 is 0. The van der Waals surface area contributed by atoms with E-state index >= 15 is 0 Å². The molecule has 0 aromatic heterocycles. The lowest BCUT2D eigenvalue weighted by molar-refractivity contribution is 0.0954. The van der Waals surface area contributed by atoms with Crippen molar-refractivity contribution in [2.45, 2.75) is 20.3 Å². The van der Waals surface area contributed by atoms with E-state index in [9.17, 15) is 9.59 Å². The summed E-state index contributed by atoms with van der Waals surface area (Å²) in [5.74, 6) is -0.154. The molecule has 6 nitrogen and oxygen atoms in total. The first-order valence-electron chi connectivity index (χ1n) is 8.65. The number of carbonyl (C=O) groups excluding carboxylic acids is 2. The van der Waals surface area contributed by atoms with E-state index in [1.807, 2.05) is 63.2 Å². The van der Waals surface area contributed by atoms with Crippen molar-refractivity contribution in [2.75, 3.05) is 36.2 Å². The molecule has 26 heavy (non-hydrogen) atoms. The highest BCUT2D eigenvalue weighted by Crippen LogP contribution is 2.23. The first-order valence-corrected chi connectivity index (χ1v) is 8.65. The van der Waals surface area contributed by atoms with Gasteiger partial charge in [-0.25, -0.2) is 4.79 Å². The number of benzene rings is 2. The van der Waals surface area contributed by atoms with Crippen molar-refractivity contribution in [2.24, 2.45) is 0 Å². The first-order chi connectivity index (χ1) is 12.4. The van der Waals surface area contributed by atoms with Gasteiger partial charge in [-0.3, -0.25) is 4.79 Å². The van der Waals surface area contributed by atoms with Gasteiger partial charge in [0.2, 0.25) is 0 Å². The van der Waals surface area contributed by atoms with Crippen LogP contribution in [-0.4, -0.2) is 32.6 Å². The fraction of sp³-hybridized carbons (Fsp3) is 0.300. The van der Waals surface area contributed by atoms with Crippen LogP contribution < -0.4 is 20.9 Å². The minimum absolute atomic E-state index is 0.154. The fourth-order valence-electron chi connectivity index (χ4n) is 2.54. The highest BCUT2D eigenvalue weighted by atomic mass is 16.2. The highest BCUT2D eigenvalue weighted by Gasteiger charge is 2.14. The molecular formula is C20H26N4O2. The van der Waals surface area contributed by atoms with Gasteiger partial charge in [-0.2, -0.15) is 0 Å². The monoisotopic (exact) mass is 354 g/mol. The van der Waals surface area contributed by atoms with E-state index in [2.05, 4.69) is 16.0 Å². The average molecular weight is 354 g/mol. The quantitative estimate of drug-likeness (QED) is 0.738. The van der Waals surface area contributed by atoms with Crippen LogP contribution in [0.3, 0.4) is 0 Å². The molecular weight excluding hydrogens is 328 g/mol. The van der Waals surface area contributed by atoms with E-state index in [0.29, 0.717) is 23.5 Å². The van der Waals surface area contributed by atoms with Crippen molar-refractivity contribution in [1.29, 1.82) is 0 Å². The standard InChI is InChI=1S/C20H26N4O2/c1-5-11-21-19(25)17-13-16(9-10-18(17)24(3)4)23-20(26)22-15-8-6-7-14(2)12-15/h6-10,12-13H,5,11H2,1-4H3,(H,21,25)(H2,22,23,26). The number of amides is 3. The summed E-state index contributed by atoms with van der Waals surface area (Å²) in [7, 11) is 3.76. The Bertz CT molecular complexity index is 787. The minimum Gasteiger partial charge on any atom is -0.377 e. The van der Waals surface area contributed by atoms with Crippen LogP contribution in [0.25, 0.3) is 0 Å². The Morgan fingerprint density at radius 1 is 1.00 bits per heavy atom. The van der Waals surface area contributed by atoms with Crippen LogP contribution in [0.15, 0.2) is 42.5 Å². The molecule has 0 saturated heterocycles.